The number of hydrogen-bond donors (Lipinski definition) is 2. The summed E-state index contributed by atoms with van der Waals surface area (Å²) >= 11 is 0. The summed E-state index contributed by atoms with van der Waals surface area (Å²) in [5, 5.41) is 5.34. The molecule has 0 aromatic rings. The number of likely N-dealkylation sites (N-methyl/N-ethyl adjacent to an activating group) is 1. The van der Waals surface area contributed by atoms with Gasteiger partial charge in [0, 0.05) is 19.9 Å². The van der Waals surface area contributed by atoms with Gasteiger partial charge in [-0.2, -0.15) is 0 Å². The third-order valence-corrected chi connectivity index (χ3v) is 1.90. The van der Waals surface area contributed by atoms with Crippen LogP contribution in [0.2, 0.25) is 0 Å². The van der Waals surface area contributed by atoms with Crippen LogP contribution in [0.1, 0.15) is 26.2 Å². The maximum absolute atomic E-state index is 11.4. The van der Waals surface area contributed by atoms with Gasteiger partial charge in [-0.1, -0.05) is 6.92 Å². The predicted molar refractivity (Wildman–Crippen MR) is 51.4 cm³/mol. The Morgan fingerprint density at radius 1 is 1.31 bits per heavy atom. The first-order valence-corrected chi connectivity index (χ1v) is 4.56. The normalized spacial score (nSPS) is 12.2. The number of amides is 1. The molecule has 0 saturated heterocycles. The van der Waals surface area contributed by atoms with Crippen molar-refractivity contribution in [3.05, 3.63) is 0 Å². The number of hydrogen-bond acceptors (Lipinski definition) is 3. The summed E-state index contributed by atoms with van der Waals surface area (Å²) in [6.07, 6.45) is 1.58. The Kier molecular flexibility index (Phi) is 6.14. The zero-order chi connectivity index (χ0) is 10.3. The Morgan fingerprint density at radius 3 is 2.31 bits per heavy atom. The lowest BCUT2D eigenvalue weighted by molar-refractivity contribution is -0.126. The van der Waals surface area contributed by atoms with Crippen LogP contribution >= 0.6 is 0 Å². The highest BCUT2D eigenvalue weighted by atomic mass is 16.2. The lowest BCUT2D eigenvalue weighted by Crippen LogP contribution is -2.38. The monoisotopic (exact) mass is 186 g/mol. The second kappa shape index (κ2) is 6.60. The van der Waals surface area contributed by atoms with Crippen LogP contribution in [0.25, 0.3) is 0 Å². The Labute approximate surface area is 79.1 Å². The number of carbonyl (C=O) groups is 2. The van der Waals surface area contributed by atoms with Crippen molar-refractivity contribution in [2.45, 2.75) is 32.2 Å². The molecule has 1 amide bonds. The van der Waals surface area contributed by atoms with E-state index in [4.69, 9.17) is 0 Å². The maximum Gasteiger partial charge on any atom is 0.221 e. The van der Waals surface area contributed by atoms with E-state index < -0.39 is 0 Å². The van der Waals surface area contributed by atoms with Crippen LogP contribution in [0.5, 0.6) is 0 Å². The van der Waals surface area contributed by atoms with E-state index in [2.05, 4.69) is 10.6 Å². The van der Waals surface area contributed by atoms with E-state index in [1.165, 1.54) is 0 Å². The summed E-state index contributed by atoms with van der Waals surface area (Å²) in [6, 6.07) is -0.333. The van der Waals surface area contributed by atoms with Gasteiger partial charge in [0.25, 0.3) is 0 Å². The molecule has 0 saturated carbocycles. The second-order valence-electron chi connectivity index (χ2n) is 2.93. The van der Waals surface area contributed by atoms with Gasteiger partial charge in [0.05, 0.1) is 6.04 Å². The van der Waals surface area contributed by atoms with Crippen molar-refractivity contribution in [2.24, 2.45) is 0 Å². The Hall–Kier alpha value is -0.900. The third-order valence-electron chi connectivity index (χ3n) is 1.90. The van der Waals surface area contributed by atoms with E-state index in [0.29, 0.717) is 6.42 Å². The fraction of sp³-hybridized carbons (Fsp3) is 0.778. The van der Waals surface area contributed by atoms with Gasteiger partial charge < -0.3 is 10.6 Å². The van der Waals surface area contributed by atoms with Crippen LogP contribution in [0.4, 0.5) is 0 Å². The lowest BCUT2D eigenvalue weighted by Gasteiger charge is -2.13. The van der Waals surface area contributed by atoms with E-state index in [0.717, 1.165) is 6.42 Å². The zero-order valence-corrected chi connectivity index (χ0v) is 8.52. The SMILES string of the molecule is CCCC(=O)C(CC(=O)NC)NC. The fourth-order valence-corrected chi connectivity index (χ4v) is 1.08. The standard InChI is InChI=1S/C9H18N2O2/c1-4-5-8(12)7(10-2)6-9(13)11-3/h7,10H,4-6H2,1-3H3,(H,11,13). The van der Waals surface area contributed by atoms with E-state index >= 15 is 0 Å². The number of nitrogens with one attached hydrogen (secondary N) is 2. The summed E-state index contributed by atoms with van der Waals surface area (Å²) in [6.45, 7) is 1.95. The van der Waals surface area contributed by atoms with Crippen LogP contribution in [0.15, 0.2) is 0 Å². The molecule has 0 aliphatic heterocycles. The molecular weight excluding hydrogens is 168 g/mol. The number of Topliss-reactive ketones (excluding diaryl/α,β-unsaturated/α-hetero) is 1. The molecule has 0 aromatic heterocycles. The molecule has 2 N–H and O–H groups in total. The molecule has 76 valence electrons. The molecule has 0 heterocycles. The molecule has 0 aliphatic rings. The first kappa shape index (κ1) is 12.1. The zero-order valence-electron chi connectivity index (χ0n) is 8.52. The molecule has 0 aliphatic carbocycles. The van der Waals surface area contributed by atoms with E-state index in [1.807, 2.05) is 6.92 Å². The number of rotatable bonds is 6. The van der Waals surface area contributed by atoms with Crippen LogP contribution in [-0.4, -0.2) is 31.8 Å². The van der Waals surface area contributed by atoms with Crippen LogP contribution in [-0.2, 0) is 9.59 Å². The molecule has 0 aromatic carbocycles. The third kappa shape index (κ3) is 4.62. The number of carbonyl (C=O) groups excluding carboxylic acids is 2. The van der Waals surface area contributed by atoms with Gasteiger partial charge in [0.1, 0.15) is 5.78 Å². The molecule has 0 fully saturated rings. The van der Waals surface area contributed by atoms with Crippen molar-refractivity contribution in [3.63, 3.8) is 0 Å². The molecule has 4 heteroatoms. The molecule has 13 heavy (non-hydrogen) atoms. The minimum Gasteiger partial charge on any atom is -0.359 e. The van der Waals surface area contributed by atoms with Crippen molar-refractivity contribution >= 4 is 11.7 Å². The lowest BCUT2D eigenvalue weighted by atomic mass is 10.1. The fourth-order valence-electron chi connectivity index (χ4n) is 1.08. The van der Waals surface area contributed by atoms with Gasteiger partial charge in [-0.25, -0.2) is 0 Å². The molecular formula is C9H18N2O2. The van der Waals surface area contributed by atoms with Crippen molar-refractivity contribution in [2.75, 3.05) is 14.1 Å². The van der Waals surface area contributed by atoms with Gasteiger partial charge >= 0.3 is 0 Å². The van der Waals surface area contributed by atoms with E-state index in [9.17, 15) is 9.59 Å². The molecule has 0 bridgehead atoms. The van der Waals surface area contributed by atoms with Crippen molar-refractivity contribution < 1.29 is 9.59 Å². The highest BCUT2D eigenvalue weighted by molar-refractivity contribution is 5.89. The summed E-state index contributed by atoms with van der Waals surface area (Å²) in [5.74, 6) is -0.00240. The molecule has 4 nitrogen and oxygen atoms in total. The van der Waals surface area contributed by atoms with Gasteiger partial charge in [-0.15, -0.1) is 0 Å². The summed E-state index contributed by atoms with van der Waals surface area (Å²) < 4.78 is 0. The quantitative estimate of drug-likeness (QED) is 0.617. The van der Waals surface area contributed by atoms with Crippen molar-refractivity contribution in [1.29, 1.82) is 0 Å². The highest BCUT2D eigenvalue weighted by Gasteiger charge is 2.17. The minimum absolute atomic E-state index is 0.105. The first-order valence-electron chi connectivity index (χ1n) is 4.56. The Morgan fingerprint density at radius 2 is 1.92 bits per heavy atom. The topological polar surface area (TPSA) is 58.2 Å². The van der Waals surface area contributed by atoms with Gasteiger partial charge in [-0.05, 0) is 13.5 Å². The average molecular weight is 186 g/mol. The molecule has 1 unspecified atom stereocenters. The van der Waals surface area contributed by atoms with Crippen molar-refractivity contribution in [1.82, 2.24) is 10.6 Å². The van der Waals surface area contributed by atoms with Crippen LogP contribution in [0, 0.1) is 0 Å². The molecule has 1 atom stereocenters. The largest absolute Gasteiger partial charge is 0.359 e. The van der Waals surface area contributed by atoms with Gasteiger partial charge in [0.2, 0.25) is 5.91 Å². The molecule has 0 radical (unpaired) electrons. The van der Waals surface area contributed by atoms with Crippen LogP contribution < -0.4 is 10.6 Å². The molecule has 0 rings (SSSR count). The van der Waals surface area contributed by atoms with E-state index in [1.54, 1.807) is 14.1 Å². The Bertz CT molecular complexity index is 180. The summed E-state index contributed by atoms with van der Waals surface area (Å²) in [4.78, 5) is 22.4. The van der Waals surface area contributed by atoms with E-state index in [-0.39, 0.29) is 24.2 Å². The highest BCUT2D eigenvalue weighted by Crippen LogP contribution is 1.99. The first-order chi connectivity index (χ1) is 6.15. The maximum atomic E-state index is 11.4. The minimum atomic E-state index is -0.333. The van der Waals surface area contributed by atoms with Gasteiger partial charge in [-0.3, -0.25) is 9.59 Å². The predicted octanol–water partition coefficient (Wildman–Crippen LogP) is 0.0797. The Balaban J connectivity index is 4.01. The average Bonchev–Trinajstić information content (AvgIpc) is 2.14. The molecule has 0 spiro atoms. The van der Waals surface area contributed by atoms with Crippen molar-refractivity contribution in [3.8, 4) is 0 Å². The summed E-state index contributed by atoms with van der Waals surface area (Å²) in [5.41, 5.74) is 0. The second-order valence-corrected chi connectivity index (χ2v) is 2.93. The smallest absolute Gasteiger partial charge is 0.221 e. The number of ketones is 1. The van der Waals surface area contributed by atoms with Gasteiger partial charge in [0.15, 0.2) is 0 Å². The summed E-state index contributed by atoms with van der Waals surface area (Å²) in [7, 11) is 3.26. The van der Waals surface area contributed by atoms with Crippen LogP contribution in [0.3, 0.4) is 0 Å².